The Morgan fingerprint density at radius 2 is 1.95 bits per heavy atom. The Morgan fingerprint density at radius 3 is 2.32 bits per heavy atom. The number of aromatic nitrogens is 1. The number of sulfone groups is 1. The van der Waals surface area contributed by atoms with Gasteiger partial charge in [0.2, 0.25) is 0 Å². The molecule has 0 saturated heterocycles. The van der Waals surface area contributed by atoms with Crippen molar-refractivity contribution in [1.29, 1.82) is 0 Å². The van der Waals surface area contributed by atoms with Gasteiger partial charge in [0.15, 0.2) is 0 Å². The quantitative estimate of drug-likeness (QED) is 0.852. The minimum absolute atomic E-state index is 0.0911. The molecule has 0 radical (unpaired) electrons. The fraction of sp³-hybridized carbons (Fsp3) is 0.545. The van der Waals surface area contributed by atoms with Crippen LogP contribution < -0.4 is 4.90 Å². The number of rotatable bonds is 4. The summed E-state index contributed by atoms with van der Waals surface area (Å²) in [5.74, 6) is 0.204. The van der Waals surface area contributed by atoms with Crippen molar-refractivity contribution in [2.24, 2.45) is 0 Å². The summed E-state index contributed by atoms with van der Waals surface area (Å²) in [6.07, 6.45) is -2.58. The number of alkyl halides is 3. The molecule has 0 N–H and O–H groups in total. The summed E-state index contributed by atoms with van der Waals surface area (Å²) in [4.78, 5) is 5.24. The molecule has 0 spiro atoms. The van der Waals surface area contributed by atoms with Crippen molar-refractivity contribution < 1.29 is 21.6 Å². The molecule has 1 rings (SSSR count). The predicted octanol–water partition coefficient (Wildman–Crippen LogP) is 1.97. The van der Waals surface area contributed by atoms with Crippen LogP contribution in [0, 0.1) is 0 Å². The monoisotopic (exact) mass is 296 g/mol. The smallest absolute Gasteiger partial charge is 0.356 e. The molecule has 0 aliphatic rings. The SMILES string of the molecule is CC(CS(C)(=O)=O)N(C)c1ccc(C(F)(F)F)cn1. The van der Waals surface area contributed by atoms with E-state index in [1.54, 1.807) is 14.0 Å². The van der Waals surface area contributed by atoms with E-state index >= 15 is 0 Å². The summed E-state index contributed by atoms with van der Waals surface area (Å²) >= 11 is 0. The van der Waals surface area contributed by atoms with Gasteiger partial charge in [-0.2, -0.15) is 13.2 Å². The Labute approximate surface area is 110 Å². The summed E-state index contributed by atoms with van der Waals surface area (Å²) in [7, 11) is -1.57. The van der Waals surface area contributed by atoms with Crippen LogP contribution in [-0.2, 0) is 16.0 Å². The molecule has 4 nitrogen and oxygen atoms in total. The second kappa shape index (κ2) is 5.36. The standard InChI is InChI=1S/C11H15F3N2O2S/c1-8(7-19(3,17)18)16(2)10-5-4-9(6-15-10)11(12,13)14/h4-6,8H,7H2,1-3H3. The molecule has 0 amide bonds. The zero-order chi connectivity index (χ0) is 14.8. The predicted molar refractivity (Wildman–Crippen MR) is 66.8 cm³/mol. The van der Waals surface area contributed by atoms with Crippen molar-refractivity contribution in [3.8, 4) is 0 Å². The first kappa shape index (κ1) is 15.7. The largest absolute Gasteiger partial charge is 0.417 e. The van der Waals surface area contributed by atoms with Crippen LogP contribution in [0.1, 0.15) is 12.5 Å². The first-order chi connectivity index (χ1) is 8.50. The van der Waals surface area contributed by atoms with E-state index in [1.165, 1.54) is 11.0 Å². The Bertz CT molecular complexity index is 526. The highest BCUT2D eigenvalue weighted by Gasteiger charge is 2.31. The maximum absolute atomic E-state index is 12.4. The molecule has 0 aliphatic heterocycles. The summed E-state index contributed by atoms with van der Waals surface area (Å²) in [5.41, 5.74) is -0.833. The van der Waals surface area contributed by atoms with Crippen LogP contribution in [0.2, 0.25) is 0 Å². The molecule has 0 bridgehead atoms. The van der Waals surface area contributed by atoms with Crippen LogP contribution in [0.3, 0.4) is 0 Å². The third kappa shape index (κ3) is 4.70. The molecule has 108 valence electrons. The van der Waals surface area contributed by atoms with E-state index in [1.807, 2.05) is 0 Å². The van der Waals surface area contributed by atoms with Gasteiger partial charge in [0.1, 0.15) is 15.7 Å². The van der Waals surface area contributed by atoms with Gasteiger partial charge in [-0.3, -0.25) is 0 Å². The molecule has 1 unspecified atom stereocenters. The zero-order valence-corrected chi connectivity index (χ0v) is 11.6. The average Bonchev–Trinajstić information content (AvgIpc) is 2.24. The molecule has 1 atom stereocenters. The summed E-state index contributed by atoms with van der Waals surface area (Å²) in [5, 5.41) is 0. The fourth-order valence-corrected chi connectivity index (χ4v) is 2.64. The van der Waals surface area contributed by atoms with E-state index < -0.39 is 21.6 Å². The van der Waals surface area contributed by atoms with Crippen molar-refractivity contribution in [3.05, 3.63) is 23.9 Å². The fourth-order valence-electron chi connectivity index (χ4n) is 1.54. The van der Waals surface area contributed by atoms with E-state index in [2.05, 4.69) is 4.98 Å². The van der Waals surface area contributed by atoms with E-state index in [4.69, 9.17) is 0 Å². The Hall–Kier alpha value is -1.31. The molecule has 0 fully saturated rings. The molecular formula is C11H15F3N2O2S. The van der Waals surface area contributed by atoms with E-state index in [0.717, 1.165) is 18.5 Å². The van der Waals surface area contributed by atoms with Crippen molar-refractivity contribution >= 4 is 15.7 Å². The van der Waals surface area contributed by atoms with Crippen molar-refractivity contribution in [2.45, 2.75) is 19.1 Å². The number of hydrogen-bond donors (Lipinski definition) is 0. The first-order valence-corrected chi connectivity index (χ1v) is 7.50. The van der Waals surface area contributed by atoms with Gasteiger partial charge in [0.25, 0.3) is 0 Å². The van der Waals surface area contributed by atoms with E-state index in [-0.39, 0.29) is 11.8 Å². The summed E-state index contributed by atoms with van der Waals surface area (Å²) in [6, 6.07) is 1.77. The van der Waals surface area contributed by atoms with Crippen LogP contribution in [0.5, 0.6) is 0 Å². The van der Waals surface area contributed by atoms with Gasteiger partial charge in [0, 0.05) is 25.5 Å². The number of pyridine rings is 1. The lowest BCUT2D eigenvalue weighted by Crippen LogP contribution is -2.35. The van der Waals surface area contributed by atoms with Crippen LogP contribution in [0.25, 0.3) is 0 Å². The highest BCUT2D eigenvalue weighted by molar-refractivity contribution is 7.90. The zero-order valence-electron chi connectivity index (χ0n) is 10.8. The van der Waals surface area contributed by atoms with Gasteiger partial charge < -0.3 is 4.90 Å². The lowest BCUT2D eigenvalue weighted by Gasteiger charge is -2.25. The summed E-state index contributed by atoms with van der Waals surface area (Å²) < 4.78 is 59.4. The number of hydrogen-bond acceptors (Lipinski definition) is 4. The molecule has 1 aromatic rings. The van der Waals surface area contributed by atoms with Gasteiger partial charge in [-0.05, 0) is 19.1 Å². The van der Waals surface area contributed by atoms with Crippen LogP contribution in [0.4, 0.5) is 19.0 Å². The molecule has 1 heterocycles. The van der Waals surface area contributed by atoms with Gasteiger partial charge in [-0.1, -0.05) is 0 Å². The molecule has 1 aromatic heterocycles. The number of halogens is 3. The highest BCUT2D eigenvalue weighted by Crippen LogP contribution is 2.29. The topological polar surface area (TPSA) is 50.3 Å². The maximum atomic E-state index is 12.4. The normalized spacial score (nSPS) is 14.2. The second-order valence-electron chi connectivity index (χ2n) is 4.46. The molecular weight excluding hydrogens is 281 g/mol. The van der Waals surface area contributed by atoms with Gasteiger partial charge in [-0.15, -0.1) is 0 Å². The molecule has 0 saturated carbocycles. The average molecular weight is 296 g/mol. The molecule has 0 aliphatic carbocycles. The Kier molecular flexibility index (Phi) is 4.44. The Balaban J connectivity index is 2.86. The van der Waals surface area contributed by atoms with Crippen LogP contribution in [-0.4, -0.2) is 38.5 Å². The third-order valence-corrected chi connectivity index (χ3v) is 3.73. The third-order valence-electron chi connectivity index (χ3n) is 2.64. The first-order valence-electron chi connectivity index (χ1n) is 5.44. The molecule has 19 heavy (non-hydrogen) atoms. The van der Waals surface area contributed by atoms with Gasteiger partial charge in [-0.25, -0.2) is 13.4 Å². The van der Waals surface area contributed by atoms with Crippen LogP contribution in [0.15, 0.2) is 18.3 Å². The van der Waals surface area contributed by atoms with Crippen molar-refractivity contribution in [1.82, 2.24) is 4.98 Å². The van der Waals surface area contributed by atoms with Crippen molar-refractivity contribution in [3.63, 3.8) is 0 Å². The number of nitrogens with zero attached hydrogens (tertiary/aromatic N) is 2. The minimum Gasteiger partial charge on any atom is -0.356 e. The molecule has 8 heteroatoms. The van der Waals surface area contributed by atoms with E-state index in [9.17, 15) is 21.6 Å². The van der Waals surface area contributed by atoms with Crippen LogP contribution >= 0.6 is 0 Å². The molecule has 0 aromatic carbocycles. The van der Waals surface area contributed by atoms with Crippen molar-refractivity contribution in [2.75, 3.05) is 24.0 Å². The lowest BCUT2D eigenvalue weighted by molar-refractivity contribution is -0.137. The lowest BCUT2D eigenvalue weighted by atomic mass is 10.2. The highest BCUT2D eigenvalue weighted by atomic mass is 32.2. The minimum atomic E-state index is -4.43. The number of anilines is 1. The summed E-state index contributed by atoms with van der Waals surface area (Å²) in [6.45, 7) is 1.67. The Morgan fingerprint density at radius 1 is 1.37 bits per heavy atom. The van der Waals surface area contributed by atoms with Gasteiger partial charge in [0.05, 0.1) is 11.3 Å². The second-order valence-corrected chi connectivity index (χ2v) is 6.64. The maximum Gasteiger partial charge on any atom is 0.417 e. The van der Waals surface area contributed by atoms with E-state index in [0.29, 0.717) is 5.82 Å². The van der Waals surface area contributed by atoms with Gasteiger partial charge >= 0.3 is 6.18 Å².